The van der Waals surface area contributed by atoms with E-state index < -0.39 is 5.69 Å². The zero-order valence-corrected chi connectivity index (χ0v) is 11.4. The predicted molar refractivity (Wildman–Crippen MR) is 79.7 cm³/mol. The van der Waals surface area contributed by atoms with Crippen molar-refractivity contribution in [1.29, 1.82) is 0 Å². The maximum Gasteiger partial charge on any atom is 0.350 e. The van der Waals surface area contributed by atoms with Gasteiger partial charge in [-0.05, 0) is 28.1 Å². The summed E-state index contributed by atoms with van der Waals surface area (Å²) >= 11 is 0. The Morgan fingerprint density at radius 2 is 1.95 bits per heavy atom. The van der Waals surface area contributed by atoms with E-state index in [-0.39, 0.29) is 0 Å². The fraction of sp³-hybridized carbons (Fsp3) is 0.0667. The monoisotopic (exact) mass is 293 g/mol. The summed E-state index contributed by atoms with van der Waals surface area (Å²) in [6.45, 7) is 0.415. The number of aromatic amines is 1. The SMILES string of the molecule is O=c1[nH]c2c(OCc3ccccc3)cccc2c2nnnn12. The number of benzene rings is 2. The molecule has 1 N–H and O–H groups in total. The van der Waals surface area contributed by atoms with Crippen molar-refractivity contribution in [3.63, 3.8) is 0 Å². The van der Waals surface area contributed by atoms with Gasteiger partial charge in [0, 0.05) is 5.39 Å². The van der Waals surface area contributed by atoms with Crippen molar-refractivity contribution in [2.75, 3.05) is 0 Å². The molecule has 0 bridgehead atoms. The van der Waals surface area contributed by atoms with Crippen LogP contribution in [0.15, 0.2) is 53.3 Å². The largest absolute Gasteiger partial charge is 0.487 e. The van der Waals surface area contributed by atoms with Crippen molar-refractivity contribution in [1.82, 2.24) is 25.0 Å². The number of hydrogen-bond acceptors (Lipinski definition) is 5. The number of H-pyrrole nitrogens is 1. The van der Waals surface area contributed by atoms with Gasteiger partial charge in [-0.1, -0.05) is 36.4 Å². The van der Waals surface area contributed by atoms with Crippen molar-refractivity contribution in [3.05, 3.63) is 64.6 Å². The number of rotatable bonds is 3. The first-order valence-electron chi connectivity index (χ1n) is 6.73. The molecule has 0 saturated heterocycles. The smallest absolute Gasteiger partial charge is 0.350 e. The molecule has 0 fully saturated rings. The summed E-state index contributed by atoms with van der Waals surface area (Å²) in [5.41, 5.74) is 1.64. The second kappa shape index (κ2) is 4.96. The molecule has 0 spiro atoms. The Morgan fingerprint density at radius 1 is 1.09 bits per heavy atom. The molecule has 0 radical (unpaired) electrons. The van der Waals surface area contributed by atoms with Crippen LogP contribution in [0.5, 0.6) is 5.75 Å². The normalized spacial score (nSPS) is 11.1. The number of para-hydroxylation sites is 1. The Hall–Kier alpha value is -3.22. The minimum absolute atomic E-state index is 0.400. The number of aromatic nitrogens is 5. The summed E-state index contributed by atoms with van der Waals surface area (Å²) in [5, 5.41) is 11.8. The first-order chi connectivity index (χ1) is 10.8. The van der Waals surface area contributed by atoms with Gasteiger partial charge in [0.1, 0.15) is 12.4 Å². The Morgan fingerprint density at radius 3 is 2.82 bits per heavy atom. The molecule has 4 aromatic rings. The van der Waals surface area contributed by atoms with E-state index >= 15 is 0 Å². The van der Waals surface area contributed by atoms with Crippen LogP contribution in [0.25, 0.3) is 16.6 Å². The highest BCUT2D eigenvalue weighted by atomic mass is 16.5. The Bertz CT molecular complexity index is 1010. The van der Waals surface area contributed by atoms with E-state index in [0.29, 0.717) is 23.5 Å². The van der Waals surface area contributed by atoms with Crippen LogP contribution in [0, 0.1) is 0 Å². The second-order valence-corrected chi connectivity index (χ2v) is 4.80. The molecule has 4 rings (SSSR count). The fourth-order valence-electron chi connectivity index (χ4n) is 2.35. The number of nitrogens with one attached hydrogen (secondary N) is 1. The van der Waals surface area contributed by atoms with Crippen LogP contribution in [0.4, 0.5) is 0 Å². The van der Waals surface area contributed by atoms with Crippen molar-refractivity contribution >= 4 is 16.6 Å². The van der Waals surface area contributed by atoms with Gasteiger partial charge in [0.05, 0.1) is 5.52 Å². The predicted octanol–water partition coefficient (Wildman–Crippen LogP) is 1.54. The van der Waals surface area contributed by atoms with Gasteiger partial charge >= 0.3 is 5.69 Å². The molecule has 0 unspecified atom stereocenters. The van der Waals surface area contributed by atoms with Gasteiger partial charge in [-0.25, -0.2) is 4.79 Å². The summed E-state index contributed by atoms with van der Waals surface area (Å²) in [4.78, 5) is 14.8. The fourth-order valence-corrected chi connectivity index (χ4v) is 2.35. The summed E-state index contributed by atoms with van der Waals surface area (Å²) in [5.74, 6) is 0.587. The highest BCUT2D eigenvalue weighted by molar-refractivity contribution is 5.94. The molecule has 22 heavy (non-hydrogen) atoms. The molecule has 2 heterocycles. The number of nitrogens with zero attached hydrogens (tertiary/aromatic N) is 4. The minimum Gasteiger partial charge on any atom is -0.487 e. The van der Waals surface area contributed by atoms with E-state index in [1.54, 1.807) is 0 Å². The van der Waals surface area contributed by atoms with Gasteiger partial charge < -0.3 is 9.72 Å². The standard InChI is InChI=1S/C15H11N5O2/c21-15-16-13-11(14-17-18-19-20(14)15)7-4-8-12(13)22-9-10-5-2-1-3-6-10/h1-8H,9H2,(H,16,21). The molecule has 0 saturated carbocycles. The van der Waals surface area contributed by atoms with E-state index in [0.717, 1.165) is 15.5 Å². The van der Waals surface area contributed by atoms with E-state index in [4.69, 9.17) is 4.74 Å². The Kier molecular flexibility index (Phi) is 2.82. The molecule has 0 amide bonds. The zero-order valence-electron chi connectivity index (χ0n) is 11.4. The third-order valence-corrected chi connectivity index (χ3v) is 3.40. The highest BCUT2D eigenvalue weighted by Gasteiger charge is 2.11. The van der Waals surface area contributed by atoms with Crippen LogP contribution in [-0.2, 0) is 6.61 Å². The average molecular weight is 293 g/mol. The number of hydrogen-bond donors (Lipinski definition) is 1. The molecular formula is C15H11N5O2. The number of fused-ring (bicyclic) bond motifs is 3. The molecule has 0 aliphatic rings. The van der Waals surface area contributed by atoms with Gasteiger partial charge in [-0.15, -0.1) is 9.61 Å². The van der Waals surface area contributed by atoms with Crippen LogP contribution < -0.4 is 10.4 Å². The zero-order chi connectivity index (χ0) is 14.9. The molecule has 7 heteroatoms. The van der Waals surface area contributed by atoms with Crippen molar-refractivity contribution < 1.29 is 4.74 Å². The summed E-state index contributed by atoms with van der Waals surface area (Å²) < 4.78 is 6.97. The number of tetrazole rings is 1. The molecule has 2 aromatic heterocycles. The lowest BCUT2D eigenvalue weighted by Gasteiger charge is -2.09. The third-order valence-electron chi connectivity index (χ3n) is 3.40. The Labute approximate surface area is 124 Å². The number of ether oxygens (including phenoxy) is 1. The molecule has 7 nitrogen and oxygen atoms in total. The summed E-state index contributed by atoms with van der Waals surface area (Å²) in [6.07, 6.45) is 0. The van der Waals surface area contributed by atoms with Crippen LogP contribution in [-0.4, -0.2) is 25.0 Å². The van der Waals surface area contributed by atoms with Crippen molar-refractivity contribution in [2.45, 2.75) is 6.61 Å². The third kappa shape index (κ3) is 1.99. The van der Waals surface area contributed by atoms with Crippen molar-refractivity contribution in [2.24, 2.45) is 0 Å². The molecule has 0 atom stereocenters. The van der Waals surface area contributed by atoms with E-state index in [2.05, 4.69) is 20.5 Å². The van der Waals surface area contributed by atoms with E-state index in [1.165, 1.54) is 0 Å². The van der Waals surface area contributed by atoms with E-state index in [9.17, 15) is 4.79 Å². The summed E-state index contributed by atoms with van der Waals surface area (Å²) in [7, 11) is 0. The lowest BCUT2D eigenvalue weighted by Crippen LogP contribution is -2.17. The molecular weight excluding hydrogens is 282 g/mol. The van der Waals surface area contributed by atoms with Crippen LogP contribution in [0.1, 0.15) is 5.56 Å². The molecule has 0 aliphatic heterocycles. The van der Waals surface area contributed by atoms with Crippen LogP contribution in [0.2, 0.25) is 0 Å². The van der Waals surface area contributed by atoms with Crippen LogP contribution in [0.3, 0.4) is 0 Å². The van der Waals surface area contributed by atoms with Gasteiger partial charge in [-0.2, -0.15) is 0 Å². The Balaban J connectivity index is 1.81. The van der Waals surface area contributed by atoms with Gasteiger partial charge in [0.15, 0.2) is 5.65 Å². The van der Waals surface area contributed by atoms with Gasteiger partial charge in [0.25, 0.3) is 0 Å². The molecule has 2 aromatic carbocycles. The second-order valence-electron chi connectivity index (χ2n) is 4.80. The van der Waals surface area contributed by atoms with E-state index in [1.807, 2.05) is 48.5 Å². The highest BCUT2D eigenvalue weighted by Crippen LogP contribution is 2.25. The minimum atomic E-state index is -0.400. The lowest BCUT2D eigenvalue weighted by atomic mass is 10.2. The first kappa shape index (κ1) is 12.5. The van der Waals surface area contributed by atoms with Crippen molar-refractivity contribution in [3.8, 4) is 5.75 Å². The summed E-state index contributed by atoms with van der Waals surface area (Å²) in [6, 6.07) is 15.3. The average Bonchev–Trinajstić information content (AvgIpc) is 3.05. The quantitative estimate of drug-likeness (QED) is 0.619. The molecule has 108 valence electrons. The maximum absolute atomic E-state index is 12.0. The first-order valence-corrected chi connectivity index (χ1v) is 6.73. The molecule has 0 aliphatic carbocycles. The van der Waals surface area contributed by atoms with Crippen LogP contribution >= 0.6 is 0 Å². The van der Waals surface area contributed by atoms with Gasteiger partial charge in [-0.3, -0.25) is 0 Å². The lowest BCUT2D eigenvalue weighted by molar-refractivity contribution is 0.309. The maximum atomic E-state index is 12.0. The van der Waals surface area contributed by atoms with Gasteiger partial charge in [0.2, 0.25) is 0 Å². The topological polar surface area (TPSA) is 85.2 Å².